The third-order valence-electron chi connectivity index (χ3n) is 5.14. The Morgan fingerprint density at radius 2 is 1.87 bits per heavy atom. The molecule has 0 N–H and O–H groups in total. The van der Waals surface area contributed by atoms with Crippen molar-refractivity contribution in [1.82, 2.24) is 19.6 Å². The molecule has 7 heteroatoms. The monoisotopic (exact) mass is 320 g/mol. The van der Waals surface area contributed by atoms with Crippen LogP contribution in [0.15, 0.2) is 12.3 Å². The van der Waals surface area contributed by atoms with Gasteiger partial charge < -0.3 is 14.4 Å². The van der Waals surface area contributed by atoms with Crippen LogP contribution in [0, 0.1) is 0 Å². The minimum absolute atomic E-state index is 0.176. The van der Waals surface area contributed by atoms with E-state index < -0.39 is 0 Å². The van der Waals surface area contributed by atoms with Crippen molar-refractivity contribution >= 4 is 5.91 Å². The molecule has 4 heterocycles. The fraction of sp³-hybridized carbons (Fsp3) is 0.750. The molecular formula is C16H24N4O3. The van der Waals surface area contributed by atoms with Gasteiger partial charge in [-0.2, -0.15) is 5.10 Å². The average molecular weight is 320 g/mol. The zero-order valence-corrected chi connectivity index (χ0v) is 13.4. The first kappa shape index (κ1) is 15.1. The SMILES string of the molecule is O=C([C@@H]1CN(C2CCOCC2)Cc2ccnn21)N1CCOCC1. The lowest BCUT2D eigenvalue weighted by molar-refractivity contribution is -0.141. The van der Waals surface area contributed by atoms with Crippen LogP contribution in [0.1, 0.15) is 24.6 Å². The number of ether oxygens (including phenoxy) is 2. The number of fused-ring (bicyclic) bond motifs is 1. The number of hydrogen-bond acceptors (Lipinski definition) is 5. The maximum Gasteiger partial charge on any atom is 0.248 e. The van der Waals surface area contributed by atoms with Gasteiger partial charge in [0.15, 0.2) is 0 Å². The zero-order chi connectivity index (χ0) is 15.6. The molecule has 0 aliphatic carbocycles. The van der Waals surface area contributed by atoms with Crippen molar-refractivity contribution in [3.05, 3.63) is 18.0 Å². The maximum atomic E-state index is 13.0. The van der Waals surface area contributed by atoms with Gasteiger partial charge in [-0.25, -0.2) is 0 Å². The van der Waals surface area contributed by atoms with E-state index in [1.165, 1.54) is 0 Å². The third-order valence-corrected chi connectivity index (χ3v) is 5.14. The normalized spacial score (nSPS) is 27.0. The fourth-order valence-electron chi connectivity index (χ4n) is 3.83. The molecule has 0 spiro atoms. The summed E-state index contributed by atoms with van der Waals surface area (Å²) < 4.78 is 12.8. The van der Waals surface area contributed by atoms with Gasteiger partial charge >= 0.3 is 0 Å². The summed E-state index contributed by atoms with van der Waals surface area (Å²) in [6.45, 7) is 5.90. The molecule has 0 unspecified atom stereocenters. The number of hydrogen-bond donors (Lipinski definition) is 0. The molecule has 1 atom stereocenters. The lowest BCUT2D eigenvalue weighted by Crippen LogP contribution is -2.52. The maximum absolute atomic E-state index is 13.0. The number of carbonyl (C=O) groups is 1. The van der Waals surface area contributed by atoms with E-state index in [-0.39, 0.29) is 11.9 Å². The smallest absolute Gasteiger partial charge is 0.248 e. The van der Waals surface area contributed by atoms with Crippen molar-refractivity contribution in [1.29, 1.82) is 0 Å². The summed E-state index contributed by atoms with van der Waals surface area (Å²) in [5.74, 6) is 0.176. The number of rotatable bonds is 2. The Kier molecular flexibility index (Phi) is 4.33. The second kappa shape index (κ2) is 6.59. The summed E-state index contributed by atoms with van der Waals surface area (Å²) in [6, 6.07) is 2.33. The van der Waals surface area contributed by atoms with Crippen LogP contribution in [0.25, 0.3) is 0 Å². The van der Waals surface area contributed by atoms with Crippen molar-refractivity contribution < 1.29 is 14.3 Å². The summed E-state index contributed by atoms with van der Waals surface area (Å²) in [4.78, 5) is 17.4. The third kappa shape index (κ3) is 3.00. The first-order valence-corrected chi connectivity index (χ1v) is 8.53. The molecule has 1 aromatic heterocycles. The van der Waals surface area contributed by atoms with Crippen molar-refractivity contribution in [3.8, 4) is 0 Å². The second-order valence-corrected chi connectivity index (χ2v) is 6.49. The molecule has 1 aromatic rings. The van der Waals surface area contributed by atoms with Gasteiger partial charge in [0.05, 0.1) is 18.9 Å². The Labute approximate surface area is 136 Å². The second-order valence-electron chi connectivity index (χ2n) is 6.49. The predicted octanol–water partition coefficient (Wildman–Crippen LogP) is 0.278. The van der Waals surface area contributed by atoms with Crippen LogP contribution in [0.2, 0.25) is 0 Å². The van der Waals surface area contributed by atoms with Crippen LogP contribution < -0.4 is 0 Å². The summed E-state index contributed by atoms with van der Waals surface area (Å²) in [6.07, 6.45) is 3.90. The van der Waals surface area contributed by atoms with E-state index in [0.717, 1.165) is 44.8 Å². The van der Waals surface area contributed by atoms with Gasteiger partial charge in [-0.15, -0.1) is 0 Å². The highest BCUT2D eigenvalue weighted by molar-refractivity contribution is 5.81. The standard InChI is InChI=1S/C16H24N4O3/c21-16(18-5-9-23-10-6-18)15-12-19(13-2-7-22-8-3-13)11-14-1-4-17-20(14)15/h1,4,13,15H,2-3,5-12H2/t15-/m0/s1. The Morgan fingerprint density at radius 3 is 2.65 bits per heavy atom. The minimum atomic E-state index is -0.213. The van der Waals surface area contributed by atoms with E-state index in [2.05, 4.69) is 10.00 Å². The number of carbonyl (C=O) groups excluding carboxylic acids is 1. The van der Waals surface area contributed by atoms with Gasteiger partial charge in [-0.05, 0) is 18.9 Å². The highest BCUT2D eigenvalue weighted by Gasteiger charge is 2.36. The zero-order valence-electron chi connectivity index (χ0n) is 13.4. The van der Waals surface area contributed by atoms with Crippen molar-refractivity contribution in [3.63, 3.8) is 0 Å². The molecule has 7 nitrogen and oxygen atoms in total. The van der Waals surface area contributed by atoms with E-state index in [4.69, 9.17) is 9.47 Å². The molecule has 2 fully saturated rings. The number of morpholine rings is 1. The van der Waals surface area contributed by atoms with E-state index >= 15 is 0 Å². The van der Waals surface area contributed by atoms with Crippen LogP contribution in [0.5, 0.6) is 0 Å². The summed E-state index contributed by atoms with van der Waals surface area (Å²) in [5, 5.41) is 4.42. The predicted molar refractivity (Wildman–Crippen MR) is 82.9 cm³/mol. The molecule has 4 rings (SSSR count). The molecule has 126 valence electrons. The molecule has 3 aliphatic heterocycles. The van der Waals surface area contributed by atoms with Crippen LogP contribution in [-0.4, -0.2) is 77.6 Å². The van der Waals surface area contributed by atoms with Crippen LogP contribution in [0.4, 0.5) is 0 Å². The van der Waals surface area contributed by atoms with Gasteiger partial charge in [0.25, 0.3) is 0 Å². The highest BCUT2D eigenvalue weighted by atomic mass is 16.5. The first-order valence-electron chi connectivity index (χ1n) is 8.53. The lowest BCUT2D eigenvalue weighted by Gasteiger charge is -2.41. The average Bonchev–Trinajstić information content (AvgIpc) is 3.10. The van der Waals surface area contributed by atoms with Crippen LogP contribution in [0.3, 0.4) is 0 Å². The lowest BCUT2D eigenvalue weighted by atomic mass is 10.0. The summed E-state index contributed by atoms with van der Waals surface area (Å²) >= 11 is 0. The van der Waals surface area contributed by atoms with Crippen LogP contribution in [-0.2, 0) is 20.8 Å². The van der Waals surface area contributed by atoms with Crippen molar-refractivity contribution in [2.75, 3.05) is 46.1 Å². The van der Waals surface area contributed by atoms with Crippen molar-refractivity contribution in [2.45, 2.75) is 31.5 Å². The molecule has 0 radical (unpaired) electrons. The molecule has 0 aromatic carbocycles. The Morgan fingerprint density at radius 1 is 1.13 bits per heavy atom. The Hall–Kier alpha value is -1.44. The topological polar surface area (TPSA) is 59.8 Å². The van der Waals surface area contributed by atoms with Crippen molar-refractivity contribution in [2.24, 2.45) is 0 Å². The van der Waals surface area contributed by atoms with Gasteiger partial charge in [-0.1, -0.05) is 0 Å². The first-order chi connectivity index (χ1) is 11.3. The molecule has 23 heavy (non-hydrogen) atoms. The van der Waals surface area contributed by atoms with Gasteiger partial charge in [0.2, 0.25) is 5.91 Å². The van der Waals surface area contributed by atoms with Gasteiger partial charge in [0.1, 0.15) is 6.04 Å². The van der Waals surface area contributed by atoms with Crippen LogP contribution >= 0.6 is 0 Å². The fourth-order valence-corrected chi connectivity index (χ4v) is 3.83. The molecule has 2 saturated heterocycles. The van der Waals surface area contributed by atoms with E-state index in [1.807, 2.05) is 21.8 Å². The van der Waals surface area contributed by atoms with Gasteiger partial charge in [0, 0.05) is 51.6 Å². The molecule has 3 aliphatic rings. The quantitative estimate of drug-likeness (QED) is 0.783. The number of aromatic nitrogens is 2. The summed E-state index contributed by atoms with van der Waals surface area (Å²) in [7, 11) is 0. The Bertz CT molecular complexity index is 549. The van der Waals surface area contributed by atoms with E-state index in [0.29, 0.717) is 32.3 Å². The number of nitrogens with zero attached hydrogens (tertiary/aromatic N) is 4. The van der Waals surface area contributed by atoms with E-state index in [1.54, 1.807) is 0 Å². The molecule has 1 amide bonds. The molecular weight excluding hydrogens is 296 g/mol. The number of amides is 1. The Balaban J connectivity index is 1.54. The van der Waals surface area contributed by atoms with Gasteiger partial charge in [-0.3, -0.25) is 14.4 Å². The molecule has 0 bridgehead atoms. The molecule has 0 saturated carbocycles. The summed E-state index contributed by atoms with van der Waals surface area (Å²) in [5.41, 5.74) is 1.13. The highest BCUT2D eigenvalue weighted by Crippen LogP contribution is 2.27. The largest absolute Gasteiger partial charge is 0.381 e. The minimum Gasteiger partial charge on any atom is -0.381 e. The van der Waals surface area contributed by atoms with E-state index in [9.17, 15) is 4.79 Å².